The van der Waals surface area contributed by atoms with Crippen LogP contribution in [0.1, 0.15) is 25.7 Å². The number of anilines is 2. The van der Waals surface area contributed by atoms with Crippen LogP contribution in [0.15, 0.2) is 0 Å². The fourth-order valence-electron chi connectivity index (χ4n) is 7.84. The second-order valence-electron chi connectivity index (χ2n) is 17.6. The molecule has 2 aliphatic rings. The third-order valence-electron chi connectivity index (χ3n) is 12.5. The van der Waals surface area contributed by atoms with Crippen LogP contribution >= 0.6 is 0 Å². The Balaban J connectivity index is 1.32. The molecule has 2 aliphatic heterocycles. The molecule has 4 aromatic rings. The van der Waals surface area contributed by atoms with Gasteiger partial charge in [0, 0.05) is 26.2 Å². The van der Waals surface area contributed by atoms with E-state index in [0.717, 1.165) is 4.90 Å². The van der Waals surface area contributed by atoms with Crippen molar-refractivity contribution in [3.05, 3.63) is 58.2 Å². The summed E-state index contributed by atoms with van der Waals surface area (Å²) in [5.41, 5.74) is -4.09. The van der Waals surface area contributed by atoms with Gasteiger partial charge in [-0.05, 0) is 37.5 Å². The Bertz CT molecular complexity index is 2900. The van der Waals surface area contributed by atoms with Crippen molar-refractivity contribution in [3.8, 4) is 34.8 Å². The average Bonchev–Trinajstić information content (AvgIpc) is 1.09. The second kappa shape index (κ2) is 21.7. The van der Waals surface area contributed by atoms with Gasteiger partial charge in [0.1, 0.15) is 0 Å². The van der Waals surface area contributed by atoms with E-state index in [1.165, 1.54) is 0 Å². The lowest BCUT2D eigenvalue weighted by Crippen LogP contribution is -2.69. The number of ether oxygens (including phenoxy) is 2. The molecule has 44 heteroatoms. The highest BCUT2D eigenvalue weighted by Crippen LogP contribution is 2.60. The number of aromatic nitrogens is 6. The predicted octanol–water partition coefficient (Wildman–Crippen LogP) is 13.5. The number of alkyl halides is 24. The molecule has 0 N–H and O–H groups in total. The molecule has 0 atom stereocenters. The van der Waals surface area contributed by atoms with Gasteiger partial charge in [0.25, 0.3) is 0 Å². The van der Waals surface area contributed by atoms with E-state index in [9.17, 15) is 149 Å². The van der Waals surface area contributed by atoms with Crippen LogP contribution in [0.5, 0.6) is 12.0 Å². The lowest BCUT2D eigenvalue weighted by Gasteiger charge is -2.40. The molecule has 84 heavy (non-hydrogen) atoms. The molecule has 2 aromatic heterocycles. The van der Waals surface area contributed by atoms with Gasteiger partial charge in [-0.3, -0.25) is 0 Å². The molecule has 0 spiro atoms. The Morgan fingerprint density at radius 2 is 0.571 bits per heavy atom. The number of piperidine rings is 2. The van der Waals surface area contributed by atoms with Gasteiger partial charge < -0.3 is 19.3 Å². The van der Waals surface area contributed by atoms with Crippen LogP contribution in [0.4, 0.5) is 161 Å². The summed E-state index contributed by atoms with van der Waals surface area (Å²) in [7, 11) is 0. The first-order valence-electron chi connectivity index (χ1n) is 21.8. The van der Waals surface area contributed by atoms with Crippen LogP contribution in [-0.2, 0) is 0 Å². The molecular weight excluding hydrogens is 1270 g/mol. The van der Waals surface area contributed by atoms with Crippen LogP contribution in [0.2, 0.25) is 0 Å². The summed E-state index contributed by atoms with van der Waals surface area (Å²) in [5.74, 6) is -100. The molecule has 2 aromatic carbocycles. The molecular formula is C40H20F34N8O2. The summed E-state index contributed by atoms with van der Waals surface area (Å²) in [4.78, 5) is 18.7. The summed E-state index contributed by atoms with van der Waals surface area (Å²) in [6.45, 7) is -2.80. The predicted molar refractivity (Wildman–Crippen MR) is 203 cm³/mol. The van der Waals surface area contributed by atoms with E-state index < -0.39 is 228 Å². The van der Waals surface area contributed by atoms with Crippen molar-refractivity contribution in [2.75, 3.05) is 36.0 Å². The highest BCUT2D eigenvalue weighted by Gasteiger charge is 2.90. The zero-order valence-corrected chi connectivity index (χ0v) is 39.2. The third kappa shape index (κ3) is 10.5. The van der Waals surface area contributed by atoms with Crippen LogP contribution in [0.3, 0.4) is 0 Å². The molecule has 0 unspecified atom stereocenters. The number of halogens is 34. The van der Waals surface area contributed by atoms with Gasteiger partial charge in [-0.15, -0.1) is 4.98 Å². The number of nitrogens with zero attached hydrogens (tertiary/aromatic N) is 8. The van der Waals surface area contributed by atoms with Gasteiger partial charge in [-0.2, -0.15) is 108 Å². The standard InChI is InChI=1S/C40H20F34N8O2/c41-13-11(14(42)18(46)21(49)17(13)45)23-75-24(12-15(43)19(47)22(50)20(48)16(12)44)77-27(76-23)81-5-1-9(2-6-81)10-3-7-82(8-4-10)28-78-29(83-39(71,72)37(67,68)35(63,64)33(59,60)31(55,56)25(51)52)80-30(79-28)84-40(73,74)38(69,70)36(65,66)34(61,62)32(57,58)26(53)54/h9-10,25-26H,1-8H2. The summed E-state index contributed by atoms with van der Waals surface area (Å²) in [5, 5.41) is 0. The van der Waals surface area contributed by atoms with Crippen molar-refractivity contribution in [1.82, 2.24) is 29.9 Å². The van der Waals surface area contributed by atoms with Gasteiger partial charge in [0.2, 0.25) is 23.5 Å². The molecule has 0 radical (unpaired) electrons. The van der Waals surface area contributed by atoms with Gasteiger partial charge >= 0.3 is 84.5 Å². The lowest BCUT2D eigenvalue weighted by atomic mass is 9.79. The molecule has 2 saturated heterocycles. The minimum Gasteiger partial charge on any atom is -0.393 e. The smallest absolute Gasteiger partial charge is 0.393 e. The highest BCUT2D eigenvalue weighted by molar-refractivity contribution is 5.65. The fraction of sp³-hybridized carbons (Fsp3) is 0.550. The molecule has 0 saturated carbocycles. The molecule has 4 heterocycles. The molecule has 10 nitrogen and oxygen atoms in total. The van der Waals surface area contributed by atoms with Gasteiger partial charge in [-0.25, -0.2) is 66.4 Å². The molecule has 2 fully saturated rings. The van der Waals surface area contributed by atoms with E-state index in [-0.39, 0.29) is 12.8 Å². The number of hydrogen-bond acceptors (Lipinski definition) is 10. The van der Waals surface area contributed by atoms with E-state index in [2.05, 4.69) is 34.4 Å². The summed E-state index contributed by atoms with van der Waals surface area (Å²) in [6, 6.07) is -6.31. The molecule has 6 rings (SSSR count). The zero-order chi connectivity index (χ0) is 64.2. The Hall–Kier alpha value is -6.72. The Morgan fingerprint density at radius 1 is 0.321 bits per heavy atom. The van der Waals surface area contributed by atoms with Gasteiger partial charge in [0.15, 0.2) is 58.2 Å². The first-order valence-corrected chi connectivity index (χ1v) is 21.8. The topological polar surface area (TPSA) is 102 Å². The minimum atomic E-state index is -8.45. The number of rotatable bonds is 19. The summed E-state index contributed by atoms with van der Waals surface area (Å²) in [6.07, 6.45) is -29.0. The first kappa shape index (κ1) is 66.4. The maximum Gasteiger partial charge on any atom is 0.473 e. The summed E-state index contributed by atoms with van der Waals surface area (Å²) < 4.78 is 485. The monoisotopic (exact) mass is 1290 g/mol. The van der Waals surface area contributed by atoms with E-state index in [1.54, 1.807) is 0 Å². The first-order chi connectivity index (χ1) is 38.0. The maximum absolute atomic E-state index is 15.0. The summed E-state index contributed by atoms with van der Waals surface area (Å²) >= 11 is 0. The van der Waals surface area contributed by atoms with Crippen molar-refractivity contribution in [1.29, 1.82) is 0 Å². The zero-order valence-electron chi connectivity index (χ0n) is 39.2. The van der Waals surface area contributed by atoms with Crippen molar-refractivity contribution >= 4 is 11.9 Å². The largest absolute Gasteiger partial charge is 0.473 e. The van der Waals surface area contributed by atoms with E-state index >= 15 is 0 Å². The minimum absolute atomic E-state index is 0.264. The Morgan fingerprint density at radius 3 is 0.833 bits per heavy atom. The van der Waals surface area contributed by atoms with Gasteiger partial charge in [0.05, 0.1) is 11.1 Å². The van der Waals surface area contributed by atoms with E-state index in [4.69, 9.17) is 0 Å². The van der Waals surface area contributed by atoms with Crippen LogP contribution in [0, 0.1) is 70.0 Å². The van der Waals surface area contributed by atoms with Crippen molar-refractivity contribution in [3.63, 3.8) is 0 Å². The van der Waals surface area contributed by atoms with Crippen LogP contribution in [0.25, 0.3) is 22.8 Å². The Kier molecular flexibility index (Phi) is 17.1. The van der Waals surface area contributed by atoms with Gasteiger partial charge in [-0.1, -0.05) is 0 Å². The molecule has 470 valence electrons. The van der Waals surface area contributed by atoms with E-state index in [0.29, 0.717) is 4.90 Å². The number of hydrogen-bond donors (Lipinski definition) is 0. The van der Waals surface area contributed by atoms with Crippen molar-refractivity contribution in [2.45, 2.75) is 98.1 Å². The molecule has 0 bridgehead atoms. The van der Waals surface area contributed by atoms with Crippen molar-refractivity contribution in [2.24, 2.45) is 11.8 Å². The molecule has 0 amide bonds. The van der Waals surface area contributed by atoms with Crippen LogP contribution < -0.4 is 19.3 Å². The van der Waals surface area contributed by atoms with Crippen molar-refractivity contribution < 1.29 is 159 Å². The van der Waals surface area contributed by atoms with E-state index in [1.807, 2.05) is 4.98 Å². The fourth-order valence-corrected chi connectivity index (χ4v) is 7.84. The maximum atomic E-state index is 15.0. The van der Waals surface area contributed by atoms with Crippen LogP contribution in [-0.4, -0.2) is 129 Å². The quantitative estimate of drug-likeness (QED) is 0.0512. The SMILES string of the molecule is Fc1c(F)c(F)c(-c2nc(-c3c(F)c(F)c(F)c(F)c3F)nc(N3CCC(C4CCN(c5nc(OC(F)(F)C(F)(F)C(F)(F)C(F)(F)C(F)(F)C(F)F)nc(OC(F)(F)C(F)(F)C(F)(F)C(F)(F)C(F)(F)C(F)F)n5)CC4)CC3)n2)c(F)c1F. The Labute approximate surface area is 439 Å². The second-order valence-corrected chi connectivity index (χ2v) is 17.6. The highest BCUT2D eigenvalue weighted by atomic mass is 19.4. The average molecular weight is 1290 g/mol. The number of benzene rings is 2. The molecule has 0 aliphatic carbocycles. The third-order valence-corrected chi connectivity index (χ3v) is 12.5. The normalized spacial score (nSPS) is 16.6. The lowest BCUT2D eigenvalue weighted by molar-refractivity contribution is -0.439.